The highest BCUT2D eigenvalue weighted by Crippen LogP contribution is 2.22. The quantitative estimate of drug-likeness (QED) is 0.789. The zero-order chi connectivity index (χ0) is 11.2. The molecule has 94 valence electrons. The molecule has 0 bridgehead atoms. The standard InChI is InChI=1S/C14H28N2/c1-2-4-13-5-3-9-16(10-7-13)12-14-6-8-15-11-14/h13-15H,2-12H2,1H3. The van der Waals surface area contributed by atoms with Crippen LogP contribution >= 0.6 is 0 Å². The van der Waals surface area contributed by atoms with Gasteiger partial charge in [0.1, 0.15) is 0 Å². The van der Waals surface area contributed by atoms with E-state index in [1.807, 2.05) is 0 Å². The summed E-state index contributed by atoms with van der Waals surface area (Å²) in [6.45, 7) is 8.91. The lowest BCUT2D eigenvalue weighted by Gasteiger charge is -2.23. The van der Waals surface area contributed by atoms with Crippen molar-refractivity contribution >= 4 is 0 Å². The Morgan fingerprint density at radius 3 is 2.81 bits per heavy atom. The van der Waals surface area contributed by atoms with Gasteiger partial charge in [-0.05, 0) is 63.7 Å². The van der Waals surface area contributed by atoms with Crippen LogP contribution < -0.4 is 5.32 Å². The van der Waals surface area contributed by atoms with Crippen molar-refractivity contribution in [2.24, 2.45) is 11.8 Å². The maximum atomic E-state index is 3.48. The van der Waals surface area contributed by atoms with E-state index in [4.69, 9.17) is 0 Å². The molecule has 2 heteroatoms. The first-order chi connectivity index (χ1) is 7.88. The third-order valence-electron chi connectivity index (χ3n) is 4.32. The summed E-state index contributed by atoms with van der Waals surface area (Å²) in [7, 11) is 0. The highest BCUT2D eigenvalue weighted by Gasteiger charge is 2.21. The van der Waals surface area contributed by atoms with Crippen molar-refractivity contribution in [1.29, 1.82) is 0 Å². The fraction of sp³-hybridized carbons (Fsp3) is 1.00. The van der Waals surface area contributed by atoms with Gasteiger partial charge in [-0.25, -0.2) is 0 Å². The molecule has 2 fully saturated rings. The molecular weight excluding hydrogens is 196 g/mol. The molecule has 2 rings (SSSR count). The van der Waals surface area contributed by atoms with E-state index in [0.717, 1.165) is 11.8 Å². The zero-order valence-corrected chi connectivity index (χ0v) is 10.9. The molecule has 2 nitrogen and oxygen atoms in total. The number of hydrogen-bond donors (Lipinski definition) is 1. The van der Waals surface area contributed by atoms with Crippen LogP contribution in [0.1, 0.15) is 45.4 Å². The predicted octanol–water partition coefficient (Wildman–Crippen LogP) is 2.50. The number of likely N-dealkylation sites (tertiary alicyclic amines) is 1. The van der Waals surface area contributed by atoms with Gasteiger partial charge in [-0.3, -0.25) is 0 Å². The molecule has 0 aliphatic carbocycles. The molecule has 2 unspecified atom stereocenters. The first-order valence-electron chi connectivity index (χ1n) is 7.31. The first-order valence-corrected chi connectivity index (χ1v) is 7.31. The fourth-order valence-electron chi connectivity index (χ4n) is 3.34. The molecule has 1 N–H and O–H groups in total. The van der Waals surface area contributed by atoms with E-state index in [1.165, 1.54) is 71.2 Å². The summed E-state index contributed by atoms with van der Waals surface area (Å²) in [6, 6.07) is 0. The fourth-order valence-corrected chi connectivity index (χ4v) is 3.34. The van der Waals surface area contributed by atoms with Crippen molar-refractivity contribution < 1.29 is 0 Å². The van der Waals surface area contributed by atoms with E-state index in [9.17, 15) is 0 Å². The van der Waals surface area contributed by atoms with E-state index in [0.29, 0.717) is 0 Å². The molecule has 0 saturated carbocycles. The Bertz CT molecular complexity index is 187. The van der Waals surface area contributed by atoms with E-state index in [1.54, 1.807) is 0 Å². The summed E-state index contributed by atoms with van der Waals surface area (Å²) in [4.78, 5) is 2.73. The summed E-state index contributed by atoms with van der Waals surface area (Å²) in [5, 5.41) is 3.48. The highest BCUT2D eigenvalue weighted by molar-refractivity contribution is 4.77. The maximum Gasteiger partial charge on any atom is 0.00223 e. The molecule has 0 aromatic carbocycles. The summed E-state index contributed by atoms with van der Waals surface area (Å²) in [5.41, 5.74) is 0. The van der Waals surface area contributed by atoms with Crippen molar-refractivity contribution in [3.8, 4) is 0 Å². The molecule has 0 amide bonds. The van der Waals surface area contributed by atoms with Crippen molar-refractivity contribution in [3.05, 3.63) is 0 Å². The second kappa shape index (κ2) is 6.61. The Hall–Kier alpha value is -0.0800. The molecule has 2 saturated heterocycles. The van der Waals surface area contributed by atoms with Gasteiger partial charge < -0.3 is 10.2 Å². The average molecular weight is 224 g/mol. The summed E-state index contributed by atoms with van der Waals surface area (Å²) < 4.78 is 0. The van der Waals surface area contributed by atoms with Crippen LogP contribution in [0.5, 0.6) is 0 Å². The van der Waals surface area contributed by atoms with Crippen LogP contribution in [0, 0.1) is 11.8 Å². The van der Waals surface area contributed by atoms with Crippen LogP contribution in [0.25, 0.3) is 0 Å². The van der Waals surface area contributed by atoms with Crippen LogP contribution in [-0.2, 0) is 0 Å². The van der Waals surface area contributed by atoms with Crippen molar-refractivity contribution in [2.45, 2.75) is 45.4 Å². The van der Waals surface area contributed by atoms with Gasteiger partial charge in [0.15, 0.2) is 0 Å². The first kappa shape index (κ1) is 12.4. The summed E-state index contributed by atoms with van der Waals surface area (Å²) in [5.74, 6) is 1.96. The topological polar surface area (TPSA) is 15.3 Å². The van der Waals surface area contributed by atoms with Crippen molar-refractivity contribution in [1.82, 2.24) is 10.2 Å². The van der Waals surface area contributed by atoms with Gasteiger partial charge in [-0.15, -0.1) is 0 Å². The van der Waals surface area contributed by atoms with Gasteiger partial charge in [0, 0.05) is 6.54 Å². The van der Waals surface area contributed by atoms with Crippen molar-refractivity contribution in [2.75, 3.05) is 32.7 Å². The largest absolute Gasteiger partial charge is 0.316 e. The lowest BCUT2D eigenvalue weighted by Crippen LogP contribution is -2.31. The summed E-state index contributed by atoms with van der Waals surface area (Å²) in [6.07, 6.45) is 8.59. The SMILES string of the molecule is CCCC1CCCN(CC2CCNC2)CC1. The van der Waals surface area contributed by atoms with Gasteiger partial charge in [0.2, 0.25) is 0 Å². The molecule has 0 spiro atoms. The molecular formula is C14H28N2. The van der Waals surface area contributed by atoms with Crippen LogP contribution in [0.15, 0.2) is 0 Å². The molecule has 2 heterocycles. The van der Waals surface area contributed by atoms with Gasteiger partial charge >= 0.3 is 0 Å². The Balaban J connectivity index is 1.70. The van der Waals surface area contributed by atoms with E-state index < -0.39 is 0 Å². The Morgan fingerprint density at radius 2 is 2.06 bits per heavy atom. The number of hydrogen-bond acceptors (Lipinski definition) is 2. The third-order valence-corrected chi connectivity index (χ3v) is 4.32. The molecule has 0 aromatic rings. The lowest BCUT2D eigenvalue weighted by molar-refractivity contribution is 0.242. The summed E-state index contributed by atoms with van der Waals surface area (Å²) >= 11 is 0. The number of rotatable bonds is 4. The molecule has 2 atom stereocenters. The van der Waals surface area contributed by atoms with Crippen LogP contribution in [0.3, 0.4) is 0 Å². The molecule has 2 aliphatic rings. The lowest BCUT2D eigenvalue weighted by atomic mass is 9.96. The highest BCUT2D eigenvalue weighted by atomic mass is 15.1. The maximum absolute atomic E-state index is 3.48. The van der Waals surface area contributed by atoms with Crippen LogP contribution in [0.2, 0.25) is 0 Å². The second-order valence-corrected chi connectivity index (χ2v) is 5.75. The average Bonchev–Trinajstić information content (AvgIpc) is 2.68. The Morgan fingerprint density at radius 1 is 1.12 bits per heavy atom. The van der Waals surface area contributed by atoms with Gasteiger partial charge in [0.25, 0.3) is 0 Å². The Labute approximate surface area is 101 Å². The minimum Gasteiger partial charge on any atom is -0.316 e. The van der Waals surface area contributed by atoms with Gasteiger partial charge in [-0.1, -0.05) is 19.8 Å². The van der Waals surface area contributed by atoms with E-state index in [-0.39, 0.29) is 0 Å². The van der Waals surface area contributed by atoms with Crippen LogP contribution in [0.4, 0.5) is 0 Å². The van der Waals surface area contributed by atoms with E-state index >= 15 is 0 Å². The smallest absolute Gasteiger partial charge is 0.00223 e. The molecule has 2 aliphatic heterocycles. The monoisotopic (exact) mass is 224 g/mol. The zero-order valence-electron chi connectivity index (χ0n) is 10.9. The number of nitrogens with one attached hydrogen (secondary N) is 1. The van der Waals surface area contributed by atoms with E-state index in [2.05, 4.69) is 17.1 Å². The molecule has 0 aromatic heterocycles. The normalized spacial score (nSPS) is 32.8. The van der Waals surface area contributed by atoms with Crippen LogP contribution in [-0.4, -0.2) is 37.6 Å². The Kier molecular flexibility index (Phi) is 5.11. The second-order valence-electron chi connectivity index (χ2n) is 5.75. The minimum absolute atomic E-state index is 0.933. The minimum atomic E-state index is 0.933. The predicted molar refractivity (Wildman–Crippen MR) is 69.7 cm³/mol. The van der Waals surface area contributed by atoms with Gasteiger partial charge in [-0.2, -0.15) is 0 Å². The van der Waals surface area contributed by atoms with Gasteiger partial charge in [0.05, 0.1) is 0 Å². The van der Waals surface area contributed by atoms with Crippen molar-refractivity contribution in [3.63, 3.8) is 0 Å². The number of nitrogens with zero attached hydrogens (tertiary/aromatic N) is 1. The molecule has 16 heavy (non-hydrogen) atoms. The third kappa shape index (κ3) is 3.74. The molecule has 0 radical (unpaired) electrons.